The van der Waals surface area contributed by atoms with E-state index in [0.29, 0.717) is 16.6 Å². The quantitative estimate of drug-likeness (QED) is 0.786. The Labute approximate surface area is 113 Å². The highest BCUT2D eigenvalue weighted by molar-refractivity contribution is 6.31. The lowest BCUT2D eigenvalue weighted by Crippen LogP contribution is -2.45. The third-order valence-electron chi connectivity index (χ3n) is 3.65. The number of hydrogen-bond acceptors (Lipinski definition) is 3. The Morgan fingerprint density at radius 3 is 2.94 bits per heavy atom. The van der Waals surface area contributed by atoms with Crippen LogP contribution in [0.3, 0.4) is 0 Å². The fourth-order valence-corrected chi connectivity index (χ4v) is 2.74. The molecule has 0 aliphatic carbocycles. The van der Waals surface area contributed by atoms with Crippen LogP contribution in [0.2, 0.25) is 5.02 Å². The van der Waals surface area contributed by atoms with Crippen molar-refractivity contribution < 1.29 is 4.79 Å². The van der Waals surface area contributed by atoms with E-state index in [1.165, 1.54) is 6.42 Å². The van der Waals surface area contributed by atoms with E-state index in [0.717, 1.165) is 31.5 Å². The van der Waals surface area contributed by atoms with Crippen molar-refractivity contribution in [1.82, 2.24) is 4.90 Å². The molecule has 0 amide bonds. The minimum absolute atomic E-state index is 0.445. The Morgan fingerprint density at radius 2 is 2.28 bits per heavy atom. The van der Waals surface area contributed by atoms with Crippen molar-refractivity contribution in [3.05, 3.63) is 28.8 Å². The summed E-state index contributed by atoms with van der Waals surface area (Å²) in [6.45, 7) is 2.18. The number of aldehydes is 1. The number of carbonyl (C=O) groups is 1. The minimum Gasteiger partial charge on any atom is -0.370 e. The molecular formula is C14H19ClN2O. The summed E-state index contributed by atoms with van der Waals surface area (Å²) in [6, 6.07) is 5.87. The lowest BCUT2D eigenvalue weighted by atomic mass is 10.0. The topological polar surface area (TPSA) is 23.6 Å². The summed E-state index contributed by atoms with van der Waals surface area (Å²) in [5.41, 5.74) is 1.63. The monoisotopic (exact) mass is 266 g/mol. The van der Waals surface area contributed by atoms with Gasteiger partial charge in [-0.2, -0.15) is 0 Å². The number of nitrogens with zero attached hydrogens (tertiary/aromatic N) is 2. The first-order chi connectivity index (χ1) is 8.61. The number of anilines is 1. The van der Waals surface area contributed by atoms with Crippen LogP contribution in [0.5, 0.6) is 0 Å². The Kier molecular flexibility index (Phi) is 4.25. The molecule has 0 spiro atoms. The van der Waals surface area contributed by atoms with Gasteiger partial charge in [-0.15, -0.1) is 0 Å². The Morgan fingerprint density at radius 1 is 1.50 bits per heavy atom. The predicted molar refractivity (Wildman–Crippen MR) is 75.8 cm³/mol. The fourth-order valence-electron chi connectivity index (χ4n) is 2.57. The third kappa shape index (κ3) is 2.85. The molecule has 1 fully saturated rings. The van der Waals surface area contributed by atoms with Crippen molar-refractivity contribution in [3.8, 4) is 0 Å². The van der Waals surface area contributed by atoms with Gasteiger partial charge >= 0.3 is 0 Å². The van der Waals surface area contributed by atoms with Gasteiger partial charge in [0.1, 0.15) is 0 Å². The summed E-state index contributed by atoms with van der Waals surface area (Å²) < 4.78 is 0. The van der Waals surface area contributed by atoms with Gasteiger partial charge in [0.15, 0.2) is 6.29 Å². The largest absolute Gasteiger partial charge is 0.370 e. The highest BCUT2D eigenvalue weighted by Crippen LogP contribution is 2.26. The van der Waals surface area contributed by atoms with E-state index in [1.807, 2.05) is 13.1 Å². The molecule has 0 aromatic heterocycles. The van der Waals surface area contributed by atoms with Gasteiger partial charge in [-0.3, -0.25) is 4.79 Å². The Balaban J connectivity index is 2.24. The number of hydrogen-bond donors (Lipinski definition) is 0. The third-order valence-corrected chi connectivity index (χ3v) is 3.88. The average Bonchev–Trinajstić information content (AvgIpc) is 2.38. The van der Waals surface area contributed by atoms with Gasteiger partial charge in [-0.05, 0) is 44.6 Å². The van der Waals surface area contributed by atoms with E-state index in [9.17, 15) is 4.79 Å². The van der Waals surface area contributed by atoms with E-state index >= 15 is 0 Å². The van der Waals surface area contributed by atoms with E-state index in [-0.39, 0.29) is 0 Å². The smallest absolute Gasteiger partial charge is 0.152 e. The summed E-state index contributed by atoms with van der Waals surface area (Å²) in [5.74, 6) is 0. The van der Waals surface area contributed by atoms with Gasteiger partial charge in [0.2, 0.25) is 0 Å². The van der Waals surface area contributed by atoms with Gasteiger partial charge in [0, 0.05) is 35.9 Å². The lowest BCUT2D eigenvalue weighted by molar-refractivity contribution is 0.112. The number of likely N-dealkylation sites (N-methyl/N-ethyl adjacent to an activating group) is 2. The molecule has 18 heavy (non-hydrogen) atoms. The maximum Gasteiger partial charge on any atom is 0.152 e. The Bertz CT molecular complexity index is 436. The molecule has 1 saturated heterocycles. The second kappa shape index (κ2) is 5.72. The van der Waals surface area contributed by atoms with Crippen LogP contribution in [-0.4, -0.2) is 44.4 Å². The summed E-state index contributed by atoms with van der Waals surface area (Å²) in [6.07, 6.45) is 3.25. The molecule has 0 radical (unpaired) electrons. The van der Waals surface area contributed by atoms with Crippen LogP contribution in [0.1, 0.15) is 23.2 Å². The zero-order valence-corrected chi connectivity index (χ0v) is 11.7. The molecule has 0 N–H and O–H groups in total. The lowest BCUT2D eigenvalue weighted by Gasteiger charge is -2.37. The maximum atomic E-state index is 11.1. The van der Waals surface area contributed by atoms with Crippen LogP contribution in [-0.2, 0) is 0 Å². The number of likely N-dealkylation sites (tertiary alicyclic amines) is 1. The highest BCUT2D eigenvalue weighted by Gasteiger charge is 2.22. The molecule has 1 aromatic rings. The van der Waals surface area contributed by atoms with E-state index in [1.54, 1.807) is 12.1 Å². The normalized spacial score (nSPS) is 20.7. The summed E-state index contributed by atoms with van der Waals surface area (Å²) in [4.78, 5) is 15.6. The number of benzene rings is 1. The highest BCUT2D eigenvalue weighted by atomic mass is 35.5. The molecule has 2 rings (SSSR count). The molecule has 1 aliphatic rings. The van der Waals surface area contributed by atoms with Crippen molar-refractivity contribution >= 4 is 23.6 Å². The van der Waals surface area contributed by atoms with E-state index < -0.39 is 0 Å². The number of carbonyl (C=O) groups excluding carboxylic acids is 1. The molecule has 1 atom stereocenters. The molecule has 0 saturated carbocycles. The van der Waals surface area contributed by atoms with Crippen molar-refractivity contribution in [3.63, 3.8) is 0 Å². The van der Waals surface area contributed by atoms with Gasteiger partial charge in [0.25, 0.3) is 0 Å². The first-order valence-corrected chi connectivity index (χ1v) is 6.65. The molecule has 3 nitrogen and oxygen atoms in total. The zero-order valence-electron chi connectivity index (χ0n) is 10.9. The summed E-state index contributed by atoms with van der Waals surface area (Å²) in [5, 5.41) is 0.673. The number of rotatable bonds is 3. The zero-order chi connectivity index (χ0) is 13.1. The van der Waals surface area contributed by atoms with Gasteiger partial charge < -0.3 is 9.80 Å². The van der Waals surface area contributed by atoms with E-state index in [4.69, 9.17) is 11.6 Å². The van der Waals surface area contributed by atoms with Gasteiger partial charge in [-0.1, -0.05) is 11.6 Å². The van der Waals surface area contributed by atoms with Gasteiger partial charge in [0.05, 0.1) is 0 Å². The second-order valence-corrected chi connectivity index (χ2v) is 5.43. The summed E-state index contributed by atoms with van der Waals surface area (Å²) in [7, 11) is 4.18. The minimum atomic E-state index is 0.445. The number of piperidine rings is 1. The van der Waals surface area contributed by atoms with Crippen molar-refractivity contribution in [1.29, 1.82) is 0 Å². The van der Waals surface area contributed by atoms with Crippen LogP contribution >= 0.6 is 11.6 Å². The van der Waals surface area contributed by atoms with Crippen LogP contribution in [0.25, 0.3) is 0 Å². The standard InChI is InChI=1S/C14H19ClN2O/c1-16-7-3-4-13(9-16)17(2)14-8-12(15)6-5-11(14)10-18/h5-6,8,10,13H,3-4,7,9H2,1-2H3. The average molecular weight is 267 g/mol. The second-order valence-electron chi connectivity index (χ2n) is 4.99. The van der Waals surface area contributed by atoms with Crippen molar-refractivity contribution in [2.75, 3.05) is 32.1 Å². The molecular weight excluding hydrogens is 248 g/mol. The van der Waals surface area contributed by atoms with Crippen molar-refractivity contribution in [2.45, 2.75) is 18.9 Å². The van der Waals surface area contributed by atoms with Crippen molar-refractivity contribution in [2.24, 2.45) is 0 Å². The first kappa shape index (κ1) is 13.4. The number of halogens is 1. The fraction of sp³-hybridized carbons (Fsp3) is 0.500. The molecule has 98 valence electrons. The van der Waals surface area contributed by atoms with Crippen LogP contribution in [0.4, 0.5) is 5.69 Å². The Hall–Kier alpha value is -1.06. The maximum absolute atomic E-state index is 11.1. The molecule has 0 bridgehead atoms. The van der Waals surface area contributed by atoms with Crippen LogP contribution in [0, 0.1) is 0 Å². The first-order valence-electron chi connectivity index (χ1n) is 6.28. The van der Waals surface area contributed by atoms with Gasteiger partial charge in [-0.25, -0.2) is 0 Å². The van der Waals surface area contributed by atoms with E-state index in [2.05, 4.69) is 16.8 Å². The molecule has 1 aromatic carbocycles. The molecule has 4 heteroatoms. The molecule has 1 unspecified atom stereocenters. The SMILES string of the molecule is CN1CCCC(N(C)c2cc(Cl)ccc2C=O)C1. The summed E-state index contributed by atoms with van der Waals surface area (Å²) >= 11 is 6.03. The molecule has 1 heterocycles. The van der Waals surface area contributed by atoms with Crippen LogP contribution in [0.15, 0.2) is 18.2 Å². The molecule has 1 aliphatic heterocycles. The van der Waals surface area contributed by atoms with Crippen LogP contribution < -0.4 is 4.90 Å². The predicted octanol–water partition coefficient (Wildman–Crippen LogP) is 2.68.